The Hall–Kier alpha value is -2.45. The zero-order chi connectivity index (χ0) is 23.0. The minimum atomic E-state index is -0.355. The SMILES string of the molecule is CCCCCCCCCCC(C)c1ccc(C2OC2C(=O)c2ccc3ccccc3c2)cc1. The van der Waals surface area contributed by atoms with Gasteiger partial charge in [-0.15, -0.1) is 0 Å². The molecule has 0 aromatic heterocycles. The van der Waals surface area contributed by atoms with E-state index in [0.717, 1.165) is 21.9 Å². The molecule has 1 aliphatic heterocycles. The molecule has 3 aromatic carbocycles. The Labute approximate surface area is 199 Å². The maximum Gasteiger partial charge on any atom is 0.194 e. The molecule has 3 aromatic rings. The predicted octanol–water partition coefficient (Wildman–Crippen LogP) is 8.80. The molecule has 2 heteroatoms. The summed E-state index contributed by atoms with van der Waals surface area (Å²) in [5.41, 5.74) is 3.23. The van der Waals surface area contributed by atoms with Crippen LogP contribution in [-0.4, -0.2) is 11.9 Å². The fourth-order valence-corrected chi connectivity index (χ4v) is 4.84. The van der Waals surface area contributed by atoms with Gasteiger partial charge in [-0.2, -0.15) is 0 Å². The average molecular weight is 443 g/mol. The summed E-state index contributed by atoms with van der Waals surface area (Å²) in [6.07, 6.45) is 11.7. The number of carbonyl (C=O) groups is 1. The van der Waals surface area contributed by atoms with Crippen LogP contribution in [0.3, 0.4) is 0 Å². The molecule has 3 unspecified atom stereocenters. The Morgan fingerprint density at radius 1 is 0.818 bits per heavy atom. The molecule has 0 N–H and O–H groups in total. The van der Waals surface area contributed by atoms with Crippen molar-refractivity contribution < 1.29 is 9.53 Å². The lowest BCUT2D eigenvalue weighted by Crippen LogP contribution is -2.08. The number of unbranched alkanes of at least 4 members (excludes halogenated alkanes) is 7. The van der Waals surface area contributed by atoms with Crippen LogP contribution in [0.2, 0.25) is 0 Å². The van der Waals surface area contributed by atoms with Crippen LogP contribution in [0.4, 0.5) is 0 Å². The van der Waals surface area contributed by atoms with Gasteiger partial charge < -0.3 is 4.74 Å². The molecule has 33 heavy (non-hydrogen) atoms. The van der Waals surface area contributed by atoms with Gasteiger partial charge >= 0.3 is 0 Å². The van der Waals surface area contributed by atoms with Crippen LogP contribution in [0.1, 0.15) is 105 Å². The van der Waals surface area contributed by atoms with Crippen LogP contribution in [0.15, 0.2) is 66.7 Å². The fraction of sp³-hybridized carbons (Fsp3) is 0.452. The summed E-state index contributed by atoms with van der Waals surface area (Å²) >= 11 is 0. The number of hydrogen-bond acceptors (Lipinski definition) is 2. The van der Waals surface area contributed by atoms with E-state index in [4.69, 9.17) is 4.74 Å². The van der Waals surface area contributed by atoms with Crippen molar-refractivity contribution in [2.24, 2.45) is 0 Å². The van der Waals surface area contributed by atoms with Gasteiger partial charge in [0.15, 0.2) is 11.9 Å². The van der Waals surface area contributed by atoms with Crippen LogP contribution < -0.4 is 0 Å². The standard InChI is InChI=1S/C31H38O2/c1-3-4-5-6-7-8-9-10-13-23(2)24-16-19-26(20-17-24)30-31(33-30)29(32)28-21-18-25-14-11-12-15-27(25)22-28/h11-12,14-23,30-31H,3-10,13H2,1-2H3. The van der Waals surface area contributed by atoms with Gasteiger partial charge in [0.25, 0.3) is 0 Å². The van der Waals surface area contributed by atoms with E-state index in [1.807, 2.05) is 36.4 Å². The van der Waals surface area contributed by atoms with Gasteiger partial charge in [-0.3, -0.25) is 4.79 Å². The second kappa shape index (κ2) is 11.6. The highest BCUT2D eigenvalue weighted by Crippen LogP contribution is 2.41. The zero-order valence-electron chi connectivity index (χ0n) is 20.3. The van der Waals surface area contributed by atoms with E-state index >= 15 is 0 Å². The van der Waals surface area contributed by atoms with Gasteiger partial charge in [-0.25, -0.2) is 0 Å². The number of hydrogen-bond donors (Lipinski definition) is 0. The molecule has 0 amide bonds. The summed E-state index contributed by atoms with van der Waals surface area (Å²) in [4.78, 5) is 12.9. The van der Waals surface area contributed by atoms with Crippen molar-refractivity contribution in [3.8, 4) is 0 Å². The number of rotatable bonds is 13. The summed E-state index contributed by atoms with van der Waals surface area (Å²) in [7, 11) is 0. The summed E-state index contributed by atoms with van der Waals surface area (Å²) in [5, 5.41) is 2.24. The highest BCUT2D eigenvalue weighted by Gasteiger charge is 2.46. The van der Waals surface area contributed by atoms with Crippen molar-refractivity contribution in [3.05, 3.63) is 83.4 Å². The molecule has 3 atom stereocenters. The summed E-state index contributed by atoms with van der Waals surface area (Å²) in [6, 6.07) is 22.8. The third-order valence-corrected chi connectivity index (χ3v) is 7.11. The predicted molar refractivity (Wildman–Crippen MR) is 138 cm³/mol. The quantitative estimate of drug-likeness (QED) is 0.150. The molecule has 1 aliphatic rings. The minimum absolute atomic E-state index is 0.0814. The Bertz CT molecular complexity index is 1040. The molecule has 0 spiro atoms. The fourth-order valence-electron chi connectivity index (χ4n) is 4.84. The molecule has 0 bridgehead atoms. The third kappa shape index (κ3) is 6.32. The Kier molecular flexibility index (Phi) is 8.34. The molecule has 0 saturated carbocycles. The number of benzene rings is 3. The molecule has 2 nitrogen and oxygen atoms in total. The lowest BCUT2D eigenvalue weighted by molar-refractivity contribution is 0.0954. The molecule has 1 heterocycles. The number of carbonyl (C=O) groups excluding carboxylic acids is 1. The van der Waals surface area contributed by atoms with Crippen molar-refractivity contribution in [2.75, 3.05) is 0 Å². The summed E-state index contributed by atoms with van der Waals surface area (Å²) in [5.74, 6) is 0.659. The van der Waals surface area contributed by atoms with Gasteiger partial charge in [0.05, 0.1) is 0 Å². The Morgan fingerprint density at radius 3 is 2.21 bits per heavy atom. The summed E-state index contributed by atoms with van der Waals surface area (Å²) < 4.78 is 5.81. The van der Waals surface area contributed by atoms with Crippen molar-refractivity contribution in [2.45, 2.75) is 89.8 Å². The van der Waals surface area contributed by atoms with Gasteiger partial charge in [0.2, 0.25) is 0 Å². The Balaban J connectivity index is 1.23. The third-order valence-electron chi connectivity index (χ3n) is 7.11. The van der Waals surface area contributed by atoms with Gasteiger partial charge in [0.1, 0.15) is 6.10 Å². The van der Waals surface area contributed by atoms with Crippen LogP contribution in [-0.2, 0) is 4.74 Å². The molecule has 174 valence electrons. The number of Topliss-reactive ketones (excluding diaryl/α,β-unsaturated/α-hetero) is 1. The van der Waals surface area contributed by atoms with E-state index in [1.165, 1.54) is 63.4 Å². The van der Waals surface area contributed by atoms with E-state index in [-0.39, 0.29) is 18.0 Å². The largest absolute Gasteiger partial charge is 0.356 e. The second-order valence-corrected chi connectivity index (χ2v) is 9.73. The first kappa shape index (κ1) is 23.7. The van der Waals surface area contributed by atoms with E-state index in [0.29, 0.717) is 5.92 Å². The maximum atomic E-state index is 12.9. The molecule has 0 aliphatic carbocycles. The monoisotopic (exact) mass is 442 g/mol. The number of ether oxygens (including phenoxy) is 1. The van der Waals surface area contributed by atoms with Crippen LogP contribution in [0.25, 0.3) is 10.8 Å². The highest BCUT2D eigenvalue weighted by molar-refractivity contribution is 6.04. The lowest BCUT2D eigenvalue weighted by atomic mass is 9.93. The zero-order valence-corrected chi connectivity index (χ0v) is 20.3. The molecule has 1 saturated heterocycles. The normalized spacial score (nSPS) is 18.4. The van der Waals surface area contributed by atoms with Crippen molar-refractivity contribution in [1.82, 2.24) is 0 Å². The van der Waals surface area contributed by atoms with E-state index in [2.05, 4.69) is 44.2 Å². The van der Waals surface area contributed by atoms with E-state index in [9.17, 15) is 4.79 Å². The first-order valence-corrected chi connectivity index (χ1v) is 13.0. The van der Waals surface area contributed by atoms with Crippen molar-refractivity contribution in [3.63, 3.8) is 0 Å². The highest BCUT2D eigenvalue weighted by atomic mass is 16.6. The van der Waals surface area contributed by atoms with E-state index in [1.54, 1.807) is 0 Å². The molecule has 1 fully saturated rings. The van der Waals surface area contributed by atoms with Gasteiger partial charge in [-0.05, 0) is 40.3 Å². The van der Waals surface area contributed by atoms with Crippen LogP contribution in [0.5, 0.6) is 0 Å². The molecule has 0 radical (unpaired) electrons. The Morgan fingerprint density at radius 2 is 1.48 bits per heavy atom. The average Bonchev–Trinajstić information content (AvgIpc) is 3.66. The molecular formula is C31H38O2. The molecular weight excluding hydrogens is 404 g/mol. The van der Waals surface area contributed by atoms with Gasteiger partial charge in [-0.1, -0.05) is 126 Å². The number of fused-ring (bicyclic) bond motifs is 1. The topological polar surface area (TPSA) is 29.6 Å². The number of ketones is 1. The molecule has 4 rings (SSSR count). The van der Waals surface area contributed by atoms with Crippen molar-refractivity contribution in [1.29, 1.82) is 0 Å². The minimum Gasteiger partial charge on any atom is -0.356 e. The first-order chi connectivity index (χ1) is 16.2. The van der Waals surface area contributed by atoms with Crippen LogP contribution in [0, 0.1) is 0 Å². The smallest absolute Gasteiger partial charge is 0.194 e. The van der Waals surface area contributed by atoms with Crippen LogP contribution >= 0.6 is 0 Å². The van der Waals surface area contributed by atoms with E-state index < -0.39 is 0 Å². The van der Waals surface area contributed by atoms with Gasteiger partial charge in [0, 0.05) is 5.56 Å². The number of epoxide rings is 1. The summed E-state index contributed by atoms with van der Waals surface area (Å²) in [6.45, 7) is 4.60. The van der Waals surface area contributed by atoms with Crippen molar-refractivity contribution >= 4 is 16.6 Å². The second-order valence-electron chi connectivity index (χ2n) is 9.73. The maximum absolute atomic E-state index is 12.9. The first-order valence-electron chi connectivity index (χ1n) is 13.0. The lowest BCUT2D eigenvalue weighted by Gasteiger charge is -2.12.